The zero-order valence-corrected chi connectivity index (χ0v) is 19.7. The number of aryl methyl sites for hydroxylation is 1. The molecular formula is C29H38N2. The standard InChI is InChI=1S/C29H38N2/c1-7-12-22(5)26(9-3)29(24(8-2)20-25-14-11-10-13-21(25)4)27-16-15-23(17-18-30)19-28(27)31-6/h8-11,13-16,19-20,29,31H,2,5,7,12,17-18,30H2,1,3-4,6H3/b24-20+,26-9-. The van der Waals surface area contributed by atoms with Gasteiger partial charge in [0.15, 0.2) is 0 Å². The molecule has 0 radical (unpaired) electrons. The van der Waals surface area contributed by atoms with Gasteiger partial charge in [0, 0.05) is 18.7 Å². The molecule has 2 rings (SSSR count). The first-order valence-corrected chi connectivity index (χ1v) is 11.2. The second-order valence-electron chi connectivity index (χ2n) is 7.95. The SMILES string of the molecule is C=C/C(=C\c1ccccc1C)C(/C(=C\C)C(=C)CCC)c1ccc(CCN)cc1NC. The van der Waals surface area contributed by atoms with Crippen LogP contribution in [0.2, 0.25) is 0 Å². The summed E-state index contributed by atoms with van der Waals surface area (Å²) in [6, 6.07) is 15.1. The molecule has 0 aliphatic heterocycles. The van der Waals surface area contributed by atoms with Gasteiger partial charge < -0.3 is 11.1 Å². The minimum atomic E-state index is 0.0514. The Morgan fingerprint density at radius 3 is 2.52 bits per heavy atom. The first kappa shape index (κ1) is 24.4. The summed E-state index contributed by atoms with van der Waals surface area (Å²) in [5, 5.41) is 3.42. The Balaban J connectivity index is 2.73. The van der Waals surface area contributed by atoms with E-state index in [9.17, 15) is 0 Å². The normalized spacial score (nSPS) is 13.1. The molecule has 3 N–H and O–H groups in total. The number of rotatable bonds is 11. The molecule has 0 bridgehead atoms. The lowest BCUT2D eigenvalue weighted by atomic mass is 9.78. The van der Waals surface area contributed by atoms with E-state index in [-0.39, 0.29) is 5.92 Å². The van der Waals surface area contributed by atoms with Crippen LogP contribution in [-0.4, -0.2) is 13.6 Å². The summed E-state index contributed by atoms with van der Waals surface area (Å²) in [5.41, 5.74) is 15.5. The minimum absolute atomic E-state index is 0.0514. The highest BCUT2D eigenvalue weighted by atomic mass is 14.8. The summed E-state index contributed by atoms with van der Waals surface area (Å²) in [6.45, 7) is 15.7. The van der Waals surface area contributed by atoms with Gasteiger partial charge >= 0.3 is 0 Å². The summed E-state index contributed by atoms with van der Waals surface area (Å²) in [6.07, 6.45) is 9.39. The number of hydrogen-bond donors (Lipinski definition) is 2. The third-order valence-corrected chi connectivity index (χ3v) is 5.79. The number of hydrogen-bond acceptors (Lipinski definition) is 2. The van der Waals surface area contributed by atoms with Crippen molar-refractivity contribution in [2.45, 2.75) is 46.0 Å². The Kier molecular flexibility index (Phi) is 9.55. The fourth-order valence-electron chi connectivity index (χ4n) is 4.13. The predicted octanol–water partition coefficient (Wildman–Crippen LogP) is 7.19. The summed E-state index contributed by atoms with van der Waals surface area (Å²) in [7, 11) is 1.98. The van der Waals surface area contributed by atoms with Crippen molar-refractivity contribution in [3.8, 4) is 0 Å². The molecule has 0 spiro atoms. The smallest absolute Gasteiger partial charge is 0.0382 e. The van der Waals surface area contributed by atoms with Gasteiger partial charge in [-0.1, -0.05) is 86.7 Å². The molecule has 1 unspecified atom stereocenters. The molecule has 0 saturated carbocycles. The van der Waals surface area contributed by atoms with Crippen molar-refractivity contribution in [1.29, 1.82) is 0 Å². The largest absolute Gasteiger partial charge is 0.388 e. The number of nitrogens with one attached hydrogen (secondary N) is 1. The van der Waals surface area contributed by atoms with Crippen LogP contribution in [0.3, 0.4) is 0 Å². The molecule has 2 aromatic rings. The summed E-state index contributed by atoms with van der Waals surface area (Å²) < 4.78 is 0. The Labute approximate surface area is 189 Å². The van der Waals surface area contributed by atoms with Gasteiger partial charge in [-0.25, -0.2) is 0 Å². The Morgan fingerprint density at radius 2 is 1.94 bits per heavy atom. The topological polar surface area (TPSA) is 38.0 Å². The van der Waals surface area contributed by atoms with Crippen molar-refractivity contribution in [2.24, 2.45) is 5.73 Å². The van der Waals surface area contributed by atoms with Gasteiger partial charge in [0.1, 0.15) is 0 Å². The van der Waals surface area contributed by atoms with Gasteiger partial charge in [-0.15, -0.1) is 0 Å². The first-order valence-electron chi connectivity index (χ1n) is 11.2. The molecule has 0 amide bonds. The predicted molar refractivity (Wildman–Crippen MR) is 139 cm³/mol. The average molecular weight is 415 g/mol. The van der Waals surface area contributed by atoms with Crippen LogP contribution in [0, 0.1) is 6.92 Å². The van der Waals surface area contributed by atoms with Crippen molar-refractivity contribution < 1.29 is 0 Å². The maximum atomic E-state index is 5.80. The molecule has 1 atom stereocenters. The van der Waals surface area contributed by atoms with E-state index in [0.29, 0.717) is 6.54 Å². The van der Waals surface area contributed by atoms with Crippen LogP contribution in [0.4, 0.5) is 5.69 Å². The fraction of sp³-hybridized carbons (Fsp3) is 0.310. The second-order valence-corrected chi connectivity index (χ2v) is 7.95. The van der Waals surface area contributed by atoms with Crippen LogP contribution in [-0.2, 0) is 6.42 Å². The fourth-order valence-corrected chi connectivity index (χ4v) is 4.13. The van der Waals surface area contributed by atoms with E-state index in [1.807, 2.05) is 13.1 Å². The minimum Gasteiger partial charge on any atom is -0.388 e. The summed E-state index contributed by atoms with van der Waals surface area (Å²) in [5.74, 6) is 0.0514. The lowest BCUT2D eigenvalue weighted by Gasteiger charge is -2.27. The molecule has 2 aromatic carbocycles. The molecule has 0 saturated heterocycles. The van der Waals surface area contributed by atoms with Crippen LogP contribution < -0.4 is 11.1 Å². The van der Waals surface area contributed by atoms with Gasteiger partial charge in [-0.05, 0) is 72.7 Å². The Hall–Kier alpha value is -2.84. The summed E-state index contributed by atoms with van der Waals surface area (Å²) >= 11 is 0. The van der Waals surface area contributed by atoms with Gasteiger partial charge in [-0.2, -0.15) is 0 Å². The van der Waals surface area contributed by atoms with E-state index >= 15 is 0 Å². The van der Waals surface area contributed by atoms with E-state index in [2.05, 4.69) is 93.9 Å². The molecule has 164 valence electrons. The molecule has 0 aromatic heterocycles. The molecule has 2 heteroatoms. The van der Waals surface area contributed by atoms with Gasteiger partial charge in [-0.3, -0.25) is 0 Å². The zero-order chi connectivity index (χ0) is 22.8. The monoisotopic (exact) mass is 414 g/mol. The maximum absolute atomic E-state index is 5.80. The zero-order valence-electron chi connectivity index (χ0n) is 19.7. The molecule has 0 aliphatic carbocycles. The highest BCUT2D eigenvalue weighted by Gasteiger charge is 2.24. The van der Waals surface area contributed by atoms with Crippen LogP contribution in [0.5, 0.6) is 0 Å². The van der Waals surface area contributed by atoms with E-state index in [1.165, 1.54) is 39.0 Å². The van der Waals surface area contributed by atoms with Crippen LogP contribution in [0.1, 0.15) is 54.9 Å². The molecule has 2 nitrogen and oxygen atoms in total. The molecule has 0 heterocycles. The van der Waals surface area contributed by atoms with Crippen LogP contribution in [0.25, 0.3) is 6.08 Å². The quantitative estimate of drug-likeness (QED) is 0.382. The first-order chi connectivity index (χ1) is 15.0. The van der Waals surface area contributed by atoms with Crippen LogP contribution in [0.15, 0.2) is 84.5 Å². The third-order valence-electron chi connectivity index (χ3n) is 5.79. The average Bonchev–Trinajstić information content (AvgIpc) is 2.77. The second kappa shape index (κ2) is 12.1. The number of benzene rings is 2. The number of nitrogens with two attached hydrogens (primary N) is 1. The van der Waals surface area contributed by atoms with E-state index < -0.39 is 0 Å². The van der Waals surface area contributed by atoms with Crippen LogP contribution >= 0.6 is 0 Å². The van der Waals surface area contributed by atoms with Crippen molar-refractivity contribution in [3.63, 3.8) is 0 Å². The third kappa shape index (κ3) is 6.08. The van der Waals surface area contributed by atoms with Crippen molar-refractivity contribution in [2.75, 3.05) is 18.9 Å². The van der Waals surface area contributed by atoms with Gasteiger partial charge in [0.2, 0.25) is 0 Å². The van der Waals surface area contributed by atoms with Crippen molar-refractivity contribution in [1.82, 2.24) is 0 Å². The van der Waals surface area contributed by atoms with E-state index in [1.54, 1.807) is 0 Å². The molecule has 0 aliphatic rings. The maximum Gasteiger partial charge on any atom is 0.0382 e. The van der Waals surface area contributed by atoms with E-state index in [4.69, 9.17) is 5.73 Å². The van der Waals surface area contributed by atoms with Gasteiger partial charge in [0.25, 0.3) is 0 Å². The molecule has 31 heavy (non-hydrogen) atoms. The Morgan fingerprint density at radius 1 is 1.19 bits per heavy atom. The number of anilines is 1. The molecular weight excluding hydrogens is 376 g/mol. The lowest BCUT2D eigenvalue weighted by Crippen LogP contribution is -2.11. The van der Waals surface area contributed by atoms with Gasteiger partial charge in [0.05, 0.1) is 0 Å². The number of allylic oxidation sites excluding steroid dienone is 5. The van der Waals surface area contributed by atoms with Crippen molar-refractivity contribution in [3.05, 3.63) is 107 Å². The van der Waals surface area contributed by atoms with E-state index in [0.717, 1.165) is 24.9 Å². The highest BCUT2D eigenvalue weighted by Crippen LogP contribution is 2.41. The molecule has 0 fully saturated rings. The van der Waals surface area contributed by atoms with Crippen molar-refractivity contribution >= 4 is 11.8 Å². The lowest BCUT2D eigenvalue weighted by molar-refractivity contribution is 0.866. The Bertz CT molecular complexity index is 962. The summed E-state index contributed by atoms with van der Waals surface area (Å²) in [4.78, 5) is 0. The highest BCUT2D eigenvalue weighted by molar-refractivity contribution is 5.68.